The Morgan fingerprint density at radius 3 is 1.91 bits per heavy atom. The summed E-state index contributed by atoms with van der Waals surface area (Å²) in [4.78, 5) is 23.7. The second kappa shape index (κ2) is 6.31. The highest BCUT2D eigenvalue weighted by atomic mass is 16.5. The van der Waals surface area contributed by atoms with Crippen LogP contribution in [0.15, 0.2) is 84.9 Å². The molecule has 32 heavy (non-hydrogen) atoms. The van der Waals surface area contributed by atoms with Crippen molar-refractivity contribution in [3.8, 4) is 22.6 Å². The van der Waals surface area contributed by atoms with Crippen LogP contribution in [0.5, 0.6) is 11.5 Å². The zero-order valence-electron chi connectivity index (χ0n) is 16.7. The van der Waals surface area contributed by atoms with E-state index in [1.807, 2.05) is 54.6 Å². The Morgan fingerprint density at radius 1 is 0.594 bits per heavy atom. The van der Waals surface area contributed by atoms with Gasteiger partial charge in [0.25, 0.3) is 0 Å². The van der Waals surface area contributed by atoms with Gasteiger partial charge in [-0.3, -0.25) is 0 Å². The minimum Gasteiger partial charge on any atom is -0.478 e. The van der Waals surface area contributed by atoms with E-state index in [0.29, 0.717) is 17.1 Å². The van der Waals surface area contributed by atoms with Crippen molar-refractivity contribution in [2.75, 3.05) is 0 Å². The number of hydrogen-bond donors (Lipinski definition) is 2. The molecule has 0 bridgehead atoms. The third kappa shape index (κ3) is 2.22. The predicted octanol–water partition coefficient (Wildman–Crippen LogP) is 5.55. The van der Waals surface area contributed by atoms with E-state index in [4.69, 9.17) is 4.74 Å². The van der Waals surface area contributed by atoms with Crippen molar-refractivity contribution in [3.63, 3.8) is 0 Å². The second-order valence-corrected chi connectivity index (χ2v) is 7.98. The summed E-state index contributed by atoms with van der Waals surface area (Å²) in [5.74, 6) is -0.838. The molecular formula is C27H16O5. The molecule has 1 aliphatic heterocycles. The molecule has 154 valence electrons. The van der Waals surface area contributed by atoms with Crippen LogP contribution >= 0.6 is 0 Å². The van der Waals surface area contributed by atoms with Crippen molar-refractivity contribution >= 4 is 11.9 Å². The van der Waals surface area contributed by atoms with Crippen molar-refractivity contribution in [1.29, 1.82) is 0 Å². The minimum atomic E-state index is -1.03. The Hall–Kier alpha value is -4.38. The van der Waals surface area contributed by atoms with Crippen LogP contribution < -0.4 is 4.74 Å². The van der Waals surface area contributed by atoms with E-state index in [0.717, 1.165) is 27.8 Å². The molecule has 6 rings (SSSR count). The van der Waals surface area contributed by atoms with Crippen LogP contribution in [0.2, 0.25) is 0 Å². The van der Waals surface area contributed by atoms with Gasteiger partial charge in [0, 0.05) is 11.1 Å². The van der Waals surface area contributed by atoms with Gasteiger partial charge in [0.1, 0.15) is 11.5 Å². The number of para-hydroxylation sites is 1. The van der Waals surface area contributed by atoms with Crippen LogP contribution in [0.3, 0.4) is 0 Å². The fraction of sp³-hybridized carbons (Fsp3) is 0.0370. The van der Waals surface area contributed by atoms with Gasteiger partial charge in [-0.25, -0.2) is 9.59 Å². The monoisotopic (exact) mass is 420 g/mol. The van der Waals surface area contributed by atoms with Crippen molar-refractivity contribution in [1.82, 2.24) is 0 Å². The summed E-state index contributed by atoms with van der Waals surface area (Å²) in [6.07, 6.45) is 0. The molecule has 4 aromatic rings. The summed E-state index contributed by atoms with van der Waals surface area (Å²) in [6.45, 7) is 0. The molecule has 1 atom stereocenters. The lowest BCUT2D eigenvalue weighted by molar-refractivity contribution is 0.0686. The highest BCUT2D eigenvalue weighted by Crippen LogP contribution is 2.62. The Kier molecular flexibility index (Phi) is 3.63. The van der Waals surface area contributed by atoms with Crippen LogP contribution in [0.25, 0.3) is 11.1 Å². The van der Waals surface area contributed by atoms with Gasteiger partial charge in [-0.2, -0.15) is 0 Å². The Morgan fingerprint density at radius 2 is 1.16 bits per heavy atom. The molecule has 1 spiro atoms. The molecule has 0 radical (unpaired) electrons. The van der Waals surface area contributed by atoms with Gasteiger partial charge in [-0.15, -0.1) is 0 Å². The normalized spacial score (nSPS) is 17.0. The summed E-state index contributed by atoms with van der Waals surface area (Å²) < 4.78 is 6.20. The van der Waals surface area contributed by atoms with Crippen LogP contribution in [0, 0.1) is 0 Å². The molecule has 0 fully saturated rings. The topological polar surface area (TPSA) is 83.8 Å². The molecule has 5 heteroatoms. The standard InChI is InChI=1S/C27H16O5/c28-25(29)15-9-11-18-17-5-1-2-6-19(17)27(21(18)13-15)20-7-3-4-8-23(20)32-24-12-10-16(26(30)31)14-22(24)27/h1-14H,(H,28,29)(H,30,31). The van der Waals surface area contributed by atoms with Crippen molar-refractivity contribution in [2.45, 2.75) is 5.41 Å². The van der Waals surface area contributed by atoms with Gasteiger partial charge < -0.3 is 14.9 Å². The number of carboxylic acids is 2. The van der Waals surface area contributed by atoms with E-state index in [-0.39, 0.29) is 11.1 Å². The summed E-state index contributed by atoms with van der Waals surface area (Å²) in [5.41, 5.74) is 4.65. The fourth-order valence-corrected chi connectivity index (χ4v) is 5.17. The Labute approximate surface area is 183 Å². The summed E-state index contributed by atoms with van der Waals surface area (Å²) >= 11 is 0. The van der Waals surface area contributed by atoms with E-state index in [9.17, 15) is 19.8 Å². The van der Waals surface area contributed by atoms with Crippen LogP contribution in [-0.4, -0.2) is 22.2 Å². The van der Waals surface area contributed by atoms with Gasteiger partial charge in [0.2, 0.25) is 0 Å². The lowest BCUT2D eigenvalue weighted by Crippen LogP contribution is -2.32. The van der Waals surface area contributed by atoms with E-state index >= 15 is 0 Å². The lowest BCUT2D eigenvalue weighted by Gasteiger charge is -2.39. The molecule has 0 aromatic heterocycles. The van der Waals surface area contributed by atoms with Crippen LogP contribution in [-0.2, 0) is 5.41 Å². The lowest BCUT2D eigenvalue weighted by atomic mass is 9.65. The fourth-order valence-electron chi connectivity index (χ4n) is 5.17. The third-order valence-electron chi connectivity index (χ3n) is 6.43. The van der Waals surface area contributed by atoms with Gasteiger partial charge in [-0.05, 0) is 58.7 Å². The number of hydrogen-bond acceptors (Lipinski definition) is 3. The van der Waals surface area contributed by atoms with Gasteiger partial charge >= 0.3 is 11.9 Å². The highest BCUT2D eigenvalue weighted by molar-refractivity contribution is 5.95. The average molecular weight is 420 g/mol. The quantitative estimate of drug-likeness (QED) is 0.384. The number of carbonyl (C=O) groups is 2. The zero-order valence-corrected chi connectivity index (χ0v) is 16.7. The number of fused-ring (bicyclic) bond motifs is 9. The molecule has 1 aliphatic carbocycles. The molecule has 5 nitrogen and oxygen atoms in total. The number of carboxylic acid groups (broad SMARTS) is 2. The first-order valence-electron chi connectivity index (χ1n) is 10.1. The molecule has 0 saturated carbocycles. The first-order valence-corrected chi connectivity index (χ1v) is 10.1. The summed E-state index contributed by atoms with van der Waals surface area (Å²) in [5, 5.41) is 19.4. The molecular weight excluding hydrogens is 404 g/mol. The summed E-state index contributed by atoms with van der Waals surface area (Å²) in [6, 6.07) is 25.6. The minimum absolute atomic E-state index is 0.145. The predicted molar refractivity (Wildman–Crippen MR) is 118 cm³/mol. The van der Waals surface area contributed by atoms with Crippen molar-refractivity contribution in [2.24, 2.45) is 0 Å². The molecule has 2 N–H and O–H groups in total. The van der Waals surface area contributed by atoms with Gasteiger partial charge in [0.05, 0.1) is 16.5 Å². The van der Waals surface area contributed by atoms with Crippen LogP contribution in [0.1, 0.15) is 43.0 Å². The van der Waals surface area contributed by atoms with Gasteiger partial charge in [0.15, 0.2) is 0 Å². The number of rotatable bonds is 2. The zero-order chi connectivity index (χ0) is 22.0. The van der Waals surface area contributed by atoms with Crippen molar-refractivity contribution in [3.05, 3.63) is 118 Å². The summed E-state index contributed by atoms with van der Waals surface area (Å²) in [7, 11) is 0. The van der Waals surface area contributed by atoms with E-state index in [1.165, 1.54) is 6.07 Å². The van der Waals surface area contributed by atoms with Gasteiger partial charge in [-0.1, -0.05) is 48.5 Å². The Balaban J connectivity index is 1.83. The largest absolute Gasteiger partial charge is 0.478 e. The Bertz CT molecular complexity index is 1470. The number of aromatic carboxylic acids is 2. The SMILES string of the molecule is O=C(O)c1ccc2c(c1)C1(c3ccccc3O2)c2ccccc2-c2ccc(C(=O)O)cc21. The maximum absolute atomic E-state index is 11.9. The molecule has 1 unspecified atom stereocenters. The van der Waals surface area contributed by atoms with E-state index < -0.39 is 17.4 Å². The molecule has 4 aromatic carbocycles. The average Bonchev–Trinajstić information content (AvgIpc) is 3.10. The van der Waals surface area contributed by atoms with Crippen molar-refractivity contribution < 1.29 is 24.5 Å². The smallest absolute Gasteiger partial charge is 0.335 e. The number of ether oxygens (including phenoxy) is 1. The molecule has 0 saturated heterocycles. The second-order valence-electron chi connectivity index (χ2n) is 7.98. The van der Waals surface area contributed by atoms with E-state index in [1.54, 1.807) is 24.3 Å². The maximum atomic E-state index is 11.9. The molecule has 1 heterocycles. The molecule has 0 amide bonds. The maximum Gasteiger partial charge on any atom is 0.335 e. The third-order valence-corrected chi connectivity index (χ3v) is 6.43. The van der Waals surface area contributed by atoms with Crippen LogP contribution in [0.4, 0.5) is 0 Å². The van der Waals surface area contributed by atoms with E-state index in [2.05, 4.69) is 0 Å². The molecule has 2 aliphatic rings. The highest BCUT2D eigenvalue weighted by Gasteiger charge is 2.51. The number of benzene rings is 4. The first kappa shape index (κ1) is 18.4. The first-order chi connectivity index (χ1) is 15.5.